The molecule has 1 fully saturated rings. The van der Waals surface area contributed by atoms with E-state index < -0.39 is 18.4 Å². The Balaban J connectivity index is 1.62. The number of benzene rings is 1. The fraction of sp³-hybridized carbons (Fsp3) is 0.476. The summed E-state index contributed by atoms with van der Waals surface area (Å²) in [4.78, 5) is 13.2. The van der Waals surface area contributed by atoms with Crippen molar-refractivity contribution in [2.45, 2.75) is 37.8 Å². The van der Waals surface area contributed by atoms with Crippen molar-refractivity contribution in [3.8, 4) is 17.2 Å². The SMILES string of the molecule is COc1cc(C(C)Nc2ncnc3c2ncn3[C@H]2CC(O)[C@@H](CO)O2)cc(OC)c1OC. The van der Waals surface area contributed by atoms with E-state index in [4.69, 9.17) is 18.9 Å². The Bertz CT molecular complexity index is 1060. The number of nitrogens with one attached hydrogen (secondary N) is 1. The van der Waals surface area contributed by atoms with Crippen LogP contribution < -0.4 is 19.5 Å². The number of ether oxygens (including phenoxy) is 4. The molecule has 2 unspecified atom stereocenters. The van der Waals surface area contributed by atoms with Crippen LogP contribution in [0.15, 0.2) is 24.8 Å². The molecule has 11 heteroatoms. The van der Waals surface area contributed by atoms with Crippen LogP contribution in [-0.4, -0.2) is 69.9 Å². The van der Waals surface area contributed by atoms with Gasteiger partial charge in [0.1, 0.15) is 18.7 Å². The van der Waals surface area contributed by atoms with Crippen LogP contribution in [0.1, 0.15) is 31.2 Å². The number of hydrogen-bond donors (Lipinski definition) is 3. The maximum absolute atomic E-state index is 10.1. The Kier molecular flexibility index (Phi) is 6.31. The lowest BCUT2D eigenvalue weighted by Crippen LogP contribution is -2.24. The smallest absolute Gasteiger partial charge is 0.203 e. The van der Waals surface area contributed by atoms with Gasteiger partial charge in [-0.25, -0.2) is 15.0 Å². The van der Waals surface area contributed by atoms with Gasteiger partial charge >= 0.3 is 0 Å². The van der Waals surface area contributed by atoms with E-state index in [1.54, 1.807) is 32.2 Å². The third kappa shape index (κ3) is 3.90. The minimum Gasteiger partial charge on any atom is -0.493 e. The molecular formula is C21H27N5O6. The number of rotatable bonds is 8. The van der Waals surface area contributed by atoms with Gasteiger partial charge in [0.25, 0.3) is 0 Å². The van der Waals surface area contributed by atoms with E-state index in [2.05, 4.69) is 20.3 Å². The monoisotopic (exact) mass is 445 g/mol. The quantitative estimate of drug-likeness (QED) is 0.470. The Morgan fingerprint density at radius 3 is 2.47 bits per heavy atom. The number of imidazole rings is 1. The van der Waals surface area contributed by atoms with E-state index in [9.17, 15) is 10.2 Å². The molecule has 3 heterocycles. The summed E-state index contributed by atoms with van der Waals surface area (Å²) >= 11 is 0. The molecule has 172 valence electrons. The Morgan fingerprint density at radius 1 is 1.16 bits per heavy atom. The second-order valence-corrected chi connectivity index (χ2v) is 7.49. The number of aromatic nitrogens is 4. The molecule has 0 spiro atoms. The highest BCUT2D eigenvalue weighted by atomic mass is 16.5. The molecule has 0 bridgehead atoms. The summed E-state index contributed by atoms with van der Waals surface area (Å²) in [7, 11) is 4.71. The van der Waals surface area contributed by atoms with Crippen LogP contribution in [-0.2, 0) is 4.74 Å². The lowest BCUT2D eigenvalue weighted by atomic mass is 10.1. The van der Waals surface area contributed by atoms with Crippen LogP contribution in [0.4, 0.5) is 5.82 Å². The number of methoxy groups -OCH3 is 3. The van der Waals surface area contributed by atoms with Crippen LogP contribution in [0.5, 0.6) is 17.2 Å². The summed E-state index contributed by atoms with van der Waals surface area (Å²) in [5.74, 6) is 2.19. The molecule has 3 N–H and O–H groups in total. The Hall–Kier alpha value is -3.15. The minimum absolute atomic E-state index is 0.171. The predicted molar refractivity (Wildman–Crippen MR) is 115 cm³/mol. The highest BCUT2D eigenvalue weighted by Crippen LogP contribution is 2.40. The molecule has 0 aliphatic carbocycles. The van der Waals surface area contributed by atoms with E-state index in [1.807, 2.05) is 19.1 Å². The van der Waals surface area contributed by atoms with Crippen molar-refractivity contribution in [3.05, 3.63) is 30.4 Å². The lowest BCUT2D eigenvalue weighted by Gasteiger charge is -2.19. The summed E-state index contributed by atoms with van der Waals surface area (Å²) in [6, 6.07) is 3.58. The van der Waals surface area contributed by atoms with Crippen LogP contribution in [0.25, 0.3) is 11.2 Å². The van der Waals surface area contributed by atoms with Gasteiger partial charge in [0.2, 0.25) is 5.75 Å². The minimum atomic E-state index is -0.748. The molecule has 4 rings (SSSR count). The largest absolute Gasteiger partial charge is 0.493 e. The fourth-order valence-corrected chi connectivity index (χ4v) is 3.86. The van der Waals surface area contributed by atoms with Crippen molar-refractivity contribution < 1.29 is 29.2 Å². The van der Waals surface area contributed by atoms with E-state index >= 15 is 0 Å². The van der Waals surface area contributed by atoms with E-state index in [0.717, 1.165) is 5.56 Å². The number of nitrogens with zero attached hydrogens (tertiary/aromatic N) is 4. The van der Waals surface area contributed by atoms with Crippen LogP contribution in [0.2, 0.25) is 0 Å². The summed E-state index contributed by atoms with van der Waals surface area (Å²) in [6.07, 6.45) is 1.54. The molecule has 1 aliphatic rings. The number of hydrogen-bond acceptors (Lipinski definition) is 10. The molecular weight excluding hydrogens is 418 g/mol. The van der Waals surface area contributed by atoms with Crippen LogP contribution in [0.3, 0.4) is 0 Å². The molecule has 11 nitrogen and oxygen atoms in total. The molecule has 32 heavy (non-hydrogen) atoms. The van der Waals surface area contributed by atoms with Gasteiger partial charge in [-0.2, -0.15) is 0 Å². The average molecular weight is 445 g/mol. The van der Waals surface area contributed by atoms with Gasteiger partial charge in [0.15, 0.2) is 28.5 Å². The molecule has 0 radical (unpaired) electrons. The van der Waals surface area contributed by atoms with Crippen molar-refractivity contribution in [3.63, 3.8) is 0 Å². The summed E-state index contributed by atoms with van der Waals surface area (Å²) < 4.78 is 23.8. The van der Waals surface area contributed by atoms with Crippen LogP contribution in [0, 0.1) is 0 Å². The van der Waals surface area contributed by atoms with Crippen molar-refractivity contribution in [2.24, 2.45) is 0 Å². The second kappa shape index (κ2) is 9.15. The van der Waals surface area contributed by atoms with Gasteiger partial charge in [0.05, 0.1) is 46.4 Å². The fourth-order valence-electron chi connectivity index (χ4n) is 3.86. The van der Waals surface area contributed by atoms with Crippen molar-refractivity contribution in [1.29, 1.82) is 0 Å². The van der Waals surface area contributed by atoms with Gasteiger partial charge in [-0.15, -0.1) is 0 Å². The highest BCUT2D eigenvalue weighted by molar-refractivity contribution is 5.83. The zero-order valence-corrected chi connectivity index (χ0v) is 18.3. The normalized spacial score (nSPS) is 21.5. The van der Waals surface area contributed by atoms with Gasteiger partial charge in [0, 0.05) is 6.42 Å². The van der Waals surface area contributed by atoms with Crippen molar-refractivity contribution in [2.75, 3.05) is 33.3 Å². The number of aliphatic hydroxyl groups excluding tert-OH is 2. The standard InChI is InChI=1S/C21H27N5O6/c1-11(12-5-14(29-2)19(31-4)15(6-12)30-3)25-20-18-21(23-9-22-20)26(10-24-18)17-7-13(28)16(8-27)32-17/h5-6,9-11,13,16-17,27-28H,7-8H2,1-4H3,(H,22,23,25)/t11?,13?,16-,17-/m1/s1. The van der Waals surface area contributed by atoms with Crippen molar-refractivity contribution >= 4 is 17.0 Å². The summed E-state index contributed by atoms with van der Waals surface area (Å²) in [6.45, 7) is 1.73. The molecule has 2 aromatic heterocycles. The number of fused-ring (bicyclic) bond motifs is 1. The highest BCUT2D eigenvalue weighted by Gasteiger charge is 2.35. The third-order valence-electron chi connectivity index (χ3n) is 5.59. The first kappa shape index (κ1) is 22.1. The summed E-state index contributed by atoms with van der Waals surface area (Å²) in [5.41, 5.74) is 2.03. The van der Waals surface area contributed by atoms with Gasteiger partial charge in [-0.1, -0.05) is 0 Å². The molecule has 0 saturated carbocycles. The molecule has 1 aliphatic heterocycles. The van der Waals surface area contributed by atoms with Crippen LogP contribution >= 0.6 is 0 Å². The van der Waals surface area contributed by atoms with E-state index in [-0.39, 0.29) is 12.6 Å². The molecule has 1 saturated heterocycles. The lowest BCUT2D eigenvalue weighted by molar-refractivity contribution is -0.0432. The van der Waals surface area contributed by atoms with Gasteiger partial charge in [-0.05, 0) is 24.6 Å². The third-order valence-corrected chi connectivity index (χ3v) is 5.59. The Morgan fingerprint density at radius 2 is 1.88 bits per heavy atom. The van der Waals surface area contributed by atoms with E-state index in [0.29, 0.717) is 40.7 Å². The molecule has 1 aromatic carbocycles. The average Bonchev–Trinajstić information content (AvgIpc) is 3.41. The summed E-state index contributed by atoms with van der Waals surface area (Å²) in [5, 5.41) is 22.8. The van der Waals surface area contributed by atoms with Gasteiger partial charge < -0.3 is 34.5 Å². The molecule has 3 aromatic rings. The van der Waals surface area contributed by atoms with Crippen molar-refractivity contribution in [1.82, 2.24) is 19.5 Å². The second-order valence-electron chi connectivity index (χ2n) is 7.49. The maximum Gasteiger partial charge on any atom is 0.203 e. The first-order valence-corrected chi connectivity index (χ1v) is 10.2. The Labute approximate surface area is 184 Å². The zero-order valence-electron chi connectivity index (χ0n) is 18.3. The first-order valence-electron chi connectivity index (χ1n) is 10.2. The topological polar surface area (TPSA) is 133 Å². The zero-order chi connectivity index (χ0) is 22.8. The number of aliphatic hydroxyl groups is 2. The maximum atomic E-state index is 10.1. The predicted octanol–water partition coefficient (Wildman–Crippen LogP) is 1.67. The first-order chi connectivity index (χ1) is 15.5. The van der Waals surface area contributed by atoms with E-state index in [1.165, 1.54) is 6.33 Å². The molecule has 4 atom stereocenters. The van der Waals surface area contributed by atoms with Gasteiger partial charge in [-0.3, -0.25) is 4.57 Å². The molecule has 0 amide bonds. The number of anilines is 1.